The molecule has 1 heterocycles. The van der Waals surface area contributed by atoms with Gasteiger partial charge in [-0.15, -0.1) is 0 Å². The van der Waals surface area contributed by atoms with Gasteiger partial charge >= 0.3 is 22.3 Å². The number of carbonyl (C=O) groups excluding carboxylic acids is 2. The zero-order valence-corrected chi connectivity index (χ0v) is 27.1. The van der Waals surface area contributed by atoms with Crippen molar-refractivity contribution < 1.29 is 44.8 Å². The van der Waals surface area contributed by atoms with Crippen LogP contribution >= 0.6 is 11.6 Å². The summed E-state index contributed by atoms with van der Waals surface area (Å²) < 4.78 is 81.1. The topological polar surface area (TPSA) is 145 Å². The number of benzene rings is 3. The number of ether oxygens (including phenoxy) is 2. The van der Waals surface area contributed by atoms with Crippen molar-refractivity contribution in [3.63, 3.8) is 0 Å². The lowest BCUT2D eigenvalue weighted by molar-refractivity contribution is -0.137. The van der Waals surface area contributed by atoms with E-state index in [1.807, 2.05) is 0 Å². The highest BCUT2D eigenvalue weighted by Gasteiger charge is 2.33. The summed E-state index contributed by atoms with van der Waals surface area (Å²) in [6.07, 6.45) is -2.78. The molecule has 0 saturated heterocycles. The number of pyridine rings is 1. The maximum atomic E-state index is 13.1. The minimum absolute atomic E-state index is 0.0333. The molecule has 0 spiro atoms. The van der Waals surface area contributed by atoms with Crippen molar-refractivity contribution in [2.75, 3.05) is 30.4 Å². The van der Waals surface area contributed by atoms with E-state index in [-0.39, 0.29) is 47.5 Å². The molecule has 3 amide bonds. The first-order valence-electron chi connectivity index (χ1n) is 14.4. The first kappa shape index (κ1) is 36.0. The highest BCUT2D eigenvalue weighted by Crippen LogP contribution is 2.36. The van der Waals surface area contributed by atoms with E-state index in [2.05, 4.69) is 20.9 Å². The van der Waals surface area contributed by atoms with Crippen molar-refractivity contribution in [2.45, 2.75) is 31.3 Å². The average Bonchev–Trinajstić information content (AvgIpc) is 3.03. The molecule has 3 N–H and O–H groups in total. The number of anilines is 2. The van der Waals surface area contributed by atoms with E-state index in [0.29, 0.717) is 23.4 Å². The van der Waals surface area contributed by atoms with Gasteiger partial charge in [-0.05, 0) is 73.5 Å². The predicted molar refractivity (Wildman–Crippen MR) is 172 cm³/mol. The van der Waals surface area contributed by atoms with Crippen LogP contribution in [-0.4, -0.2) is 45.1 Å². The summed E-state index contributed by atoms with van der Waals surface area (Å²) in [4.78, 5) is 29.0. The van der Waals surface area contributed by atoms with Crippen molar-refractivity contribution >= 4 is 45.0 Å². The Bertz CT molecular complexity index is 1870. The number of nitrogens with zero attached hydrogens (tertiary/aromatic N) is 1. The van der Waals surface area contributed by atoms with Gasteiger partial charge < -0.3 is 25.4 Å². The molecule has 0 saturated carbocycles. The number of nitrogens with one attached hydrogen (secondary N) is 3. The minimum Gasteiger partial charge on any atom is -0.490 e. The second-order valence-electron chi connectivity index (χ2n) is 10.1. The van der Waals surface area contributed by atoms with E-state index in [0.717, 1.165) is 12.1 Å². The molecule has 4 rings (SSSR count). The summed E-state index contributed by atoms with van der Waals surface area (Å²) in [5, 5.41) is 6.99. The lowest BCUT2D eigenvalue weighted by atomic mass is 10.2. The van der Waals surface area contributed by atoms with Gasteiger partial charge in [0, 0.05) is 23.6 Å². The molecule has 0 fully saturated rings. The van der Waals surface area contributed by atoms with E-state index < -0.39 is 38.8 Å². The van der Waals surface area contributed by atoms with Crippen molar-refractivity contribution in [2.24, 2.45) is 0 Å². The quantitative estimate of drug-likeness (QED) is 0.0962. The van der Waals surface area contributed by atoms with Gasteiger partial charge in [0.25, 0.3) is 5.91 Å². The Kier molecular flexibility index (Phi) is 11.9. The molecule has 16 heteroatoms. The number of halogens is 4. The fourth-order valence-corrected chi connectivity index (χ4v) is 5.75. The minimum atomic E-state index is -4.68. The van der Waals surface area contributed by atoms with Gasteiger partial charge in [-0.1, -0.05) is 30.7 Å². The molecule has 0 radical (unpaired) electrons. The van der Waals surface area contributed by atoms with Crippen LogP contribution in [0.15, 0.2) is 83.9 Å². The fraction of sp³-hybridized carbons (Fsp3) is 0.219. The molecule has 48 heavy (non-hydrogen) atoms. The summed E-state index contributed by atoms with van der Waals surface area (Å²) in [6, 6.07) is 16.0. The Morgan fingerprint density at radius 2 is 1.62 bits per heavy atom. The SMILES string of the molecule is CCCOS(=O)(=O)c1c(C)cccc1OCCNC(=O)c1cc(Oc2ccc(NC(=O)Nc3ccc(Cl)c(C(F)(F)F)c3)cc2)ccn1. The Labute approximate surface area is 279 Å². The summed E-state index contributed by atoms with van der Waals surface area (Å²) in [7, 11) is -4.03. The Morgan fingerprint density at radius 1 is 0.917 bits per heavy atom. The molecule has 254 valence electrons. The van der Waals surface area contributed by atoms with Gasteiger partial charge in [0.1, 0.15) is 34.4 Å². The van der Waals surface area contributed by atoms with Crippen molar-refractivity contribution in [3.05, 3.63) is 101 Å². The van der Waals surface area contributed by atoms with Gasteiger partial charge in [-0.2, -0.15) is 21.6 Å². The summed E-state index contributed by atoms with van der Waals surface area (Å²) >= 11 is 5.61. The predicted octanol–water partition coefficient (Wildman–Crippen LogP) is 7.42. The number of urea groups is 1. The molecule has 0 bridgehead atoms. The zero-order chi connectivity index (χ0) is 34.9. The highest BCUT2D eigenvalue weighted by atomic mass is 35.5. The smallest absolute Gasteiger partial charge is 0.417 e. The van der Waals surface area contributed by atoms with Crippen LogP contribution in [0.2, 0.25) is 5.02 Å². The Morgan fingerprint density at radius 3 is 2.33 bits per heavy atom. The maximum Gasteiger partial charge on any atom is 0.417 e. The molecule has 4 aromatic rings. The summed E-state index contributed by atoms with van der Waals surface area (Å²) in [5.41, 5.74) is -0.339. The standard InChI is InChI=1S/C32H30ClF3N4O7S/c1-3-16-46-48(43,44)29-20(2)5-4-6-28(29)45-17-15-38-30(41)27-19-24(13-14-37-27)47-23-10-7-21(8-11-23)39-31(42)40-22-9-12-26(33)25(18-22)32(34,35)36/h4-14,18-19H,3,15-17H2,1-2H3,(H,38,41)(H2,39,40,42). The first-order valence-corrected chi connectivity index (χ1v) is 16.1. The third-order valence-electron chi connectivity index (χ3n) is 6.36. The van der Waals surface area contributed by atoms with E-state index >= 15 is 0 Å². The van der Waals surface area contributed by atoms with E-state index in [4.69, 9.17) is 25.3 Å². The van der Waals surface area contributed by atoms with Gasteiger partial charge in [0.2, 0.25) is 0 Å². The molecule has 0 aliphatic rings. The van der Waals surface area contributed by atoms with Crippen molar-refractivity contribution in [1.82, 2.24) is 10.3 Å². The Balaban J connectivity index is 1.29. The number of amides is 3. The zero-order valence-electron chi connectivity index (χ0n) is 25.6. The van der Waals surface area contributed by atoms with Crippen LogP contribution in [0.4, 0.5) is 29.3 Å². The fourth-order valence-electron chi connectivity index (χ4n) is 4.18. The van der Waals surface area contributed by atoms with Crippen LogP contribution in [-0.2, 0) is 20.5 Å². The number of aromatic nitrogens is 1. The number of carbonyl (C=O) groups is 2. The lowest BCUT2D eigenvalue weighted by Crippen LogP contribution is -2.29. The lowest BCUT2D eigenvalue weighted by Gasteiger charge is -2.14. The van der Waals surface area contributed by atoms with E-state index in [9.17, 15) is 31.2 Å². The van der Waals surface area contributed by atoms with E-state index in [1.54, 1.807) is 26.0 Å². The van der Waals surface area contributed by atoms with Crippen LogP contribution < -0.4 is 25.4 Å². The molecule has 1 aromatic heterocycles. The number of alkyl halides is 3. The van der Waals surface area contributed by atoms with Crippen molar-refractivity contribution in [3.8, 4) is 17.2 Å². The average molecular weight is 707 g/mol. The normalized spacial score (nSPS) is 11.5. The van der Waals surface area contributed by atoms with Gasteiger partial charge in [-0.3, -0.25) is 14.0 Å². The second-order valence-corrected chi connectivity index (χ2v) is 12.0. The number of hydrogen-bond donors (Lipinski definition) is 3. The number of rotatable bonds is 13. The molecule has 0 atom stereocenters. The Hall–Kier alpha value is -4.86. The van der Waals surface area contributed by atoms with Crippen LogP contribution in [0, 0.1) is 6.92 Å². The van der Waals surface area contributed by atoms with Gasteiger partial charge in [0.15, 0.2) is 0 Å². The molecule has 11 nitrogen and oxygen atoms in total. The van der Waals surface area contributed by atoms with Gasteiger partial charge in [-0.25, -0.2) is 4.79 Å². The second kappa shape index (κ2) is 15.8. The monoisotopic (exact) mass is 706 g/mol. The third kappa shape index (κ3) is 9.82. The van der Waals surface area contributed by atoms with Crippen LogP contribution in [0.25, 0.3) is 0 Å². The van der Waals surface area contributed by atoms with Crippen LogP contribution in [0.5, 0.6) is 17.2 Å². The number of hydrogen-bond acceptors (Lipinski definition) is 8. The number of aryl methyl sites for hydroxylation is 1. The maximum absolute atomic E-state index is 13.1. The molecule has 0 unspecified atom stereocenters. The molecule has 0 aliphatic heterocycles. The highest BCUT2D eigenvalue weighted by molar-refractivity contribution is 7.87. The molecule has 0 aliphatic carbocycles. The van der Waals surface area contributed by atoms with Gasteiger partial charge in [0.05, 0.1) is 23.7 Å². The van der Waals surface area contributed by atoms with Crippen LogP contribution in [0.1, 0.15) is 35.0 Å². The van der Waals surface area contributed by atoms with Crippen LogP contribution in [0.3, 0.4) is 0 Å². The van der Waals surface area contributed by atoms with Crippen molar-refractivity contribution in [1.29, 1.82) is 0 Å². The van der Waals surface area contributed by atoms with E-state index in [1.165, 1.54) is 54.7 Å². The summed E-state index contributed by atoms with van der Waals surface area (Å²) in [5.74, 6) is 0.221. The first-order chi connectivity index (χ1) is 22.8. The molecular formula is C32H30ClF3N4O7S. The molecule has 3 aromatic carbocycles. The summed E-state index contributed by atoms with van der Waals surface area (Å²) in [6.45, 7) is 3.47. The molecular weight excluding hydrogens is 677 g/mol. The third-order valence-corrected chi connectivity index (χ3v) is 8.18. The largest absolute Gasteiger partial charge is 0.490 e.